The molecule has 0 radical (unpaired) electrons. The zero-order valence-corrected chi connectivity index (χ0v) is 15.9. The lowest BCUT2D eigenvalue weighted by molar-refractivity contribution is -0.121. The van der Waals surface area contributed by atoms with Crippen molar-refractivity contribution in [1.29, 1.82) is 0 Å². The van der Waals surface area contributed by atoms with E-state index in [1.807, 2.05) is 13.8 Å². The molecule has 0 saturated heterocycles. The molecule has 1 aromatic carbocycles. The molecule has 2 N–H and O–H groups in total. The third-order valence-electron chi connectivity index (χ3n) is 3.97. The quantitative estimate of drug-likeness (QED) is 0.650. The van der Waals surface area contributed by atoms with Crippen LogP contribution in [0, 0.1) is 12.7 Å². The van der Waals surface area contributed by atoms with Crippen LogP contribution in [0.4, 0.5) is 16.0 Å². The molecule has 3 rings (SSSR count). The first-order valence-electron chi connectivity index (χ1n) is 8.74. The smallest absolute Gasteiger partial charge is 0.241 e. The molecule has 3 aromatic rings. The van der Waals surface area contributed by atoms with E-state index in [2.05, 4.69) is 25.7 Å². The number of nitrogens with zero attached hydrogens (tertiary/aromatic N) is 4. The van der Waals surface area contributed by atoms with Gasteiger partial charge in [0.25, 0.3) is 0 Å². The number of nitrogens with one attached hydrogen (secondary N) is 2. The van der Waals surface area contributed by atoms with Gasteiger partial charge in [0.1, 0.15) is 6.54 Å². The van der Waals surface area contributed by atoms with Gasteiger partial charge in [-0.2, -0.15) is 5.10 Å². The number of anilines is 2. The highest BCUT2D eigenvalue weighted by Crippen LogP contribution is 2.27. The van der Waals surface area contributed by atoms with Gasteiger partial charge in [0.05, 0.1) is 24.7 Å². The summed E-state index contributed by atoms with van der Waals surface area (Å²) in [6, 6.07) is 4.68. The molecule has 8 nitrogen and oxygen atoms in total. The molecular formula is C19H21FN6O2. The highest BCUT2D eigenvalue weighted by molar-refractivity contribution is 5.75. The molecule has 0 fully saturated rings. The van der Waals surface area contributed by atoms with Crippen molar-refractivity contribution in [1.82, 2.24) is 25.1 Å². The van der Waals surface area contributed by atoms with E-state index in [0.717, 1.165) is 5.56 Å². The van der Waals surface area contributed by atoms with Crippen LogP contribution in [0.15, 0.2) is 36.8 Å². The van der Waals surface area contributed by atoms with Crippen LogP contribution in [0.5, 0.6) is 5.75 Å². The van der Waals surface area contributed by atoms with Gasteiger partial charge in [-0.1, -0.05) is 0 Å². The molecule has 2 aromatic heterocycles. The molecule has 0 aliphatic rings. The minimum absolute atomic E-state index is 0.118. The predicted molar refractivity (Wildman–Crippen MR) is 103 cm³/mol. The Morgan fingerprint density at radius 2 is 2.14 bits per heavy atom. The van der Waals surface area contributed by atoms with Gasteiger partial charge in [-0.25, -0.2) is 14.4 Å². The molecule has 0 saturated carbocycles. The van der Waals surface area contributed by atoms with E-state index in [1.165, 1.54) is 17.9 Å². The SMILES string of the molecule is CCNC(=O)Cn1cc(Nc2ncc(C)c(-c3ccc(OC)c(F)c3)n2)cn1. The summed E-state index contributed by atoms with van der Waals surface area (Å²) in [6.07, 6.45) is 4.92. The summed E-state index contributed by atoms with van der Waals surface area (Å²) in [6.45, 7) is 4.40. The van der Waals surface area contributed by atoms with Crippen molar-refractivity contribution in [3.63, 3.8) is 0 Å². The molecule has 0 atom stereocenters. The van der Waals surface area contributed by atoms with Crippen molar-refractivity contribution in [2.24, 2.45) is 0 Å². The molecule has 146 valence electrons. The summed E-state index contributed by atoms with van der Waals surface area (Å²) in [5.74, 6) is -0.0607. The number of aryl methyl sites for hydroxylation is 1. The Kier molecular flexibility index (Phi) is 5.83. The molecule has 0 bridgehead atoms. The van der Waals surface area contributed by atoms with E-state index in [9.17, 15) is 9.18 Å². The Hall–Kier alpha value is -3.49. The fourth-order valence-electron chi connectivity index (χ4n) is 2.65. The summed E-state index contributed by atoms with van der Waals surface area (Å²) in [7, 11) is 1.42. The van der Waals surface area contributed by atoms with Gasteiger partial charge in [-0.05, 0) is 37.6 Å². The largest absolute Gasteiger partial charge is 0.494 e. The Bertz CT molecular complexity index is 988. The van der Waals surface area contributed by atoms with Crippen molar-refractivity contribution in [2.45, 2.75) is 20.4 Å². The van der Waals surface area contributed by atoms with E-state index in [-0.39, 0.29) is 18.2 Å². The van der Waals surface area contributed by atoms with E-state index in [0.29, 0.717) is 29.4 Å². The fourth-order valence-corrected chi connectivity index (χ4v) is 2.65. The van der Waals surface area contributed by atoms with Crippen LogP contribution >= 0.6 is 0 Å². The van der Waals surface area contributed by atoms with Crippen LogP contribution in [0.25, 0.3) is 11.3 Å². The first-order valence-corrected chi connectivity index (χ1v) is 8.74. The number of benzene rings is 1. The van der Waals surface area contributed by atoms with E-state index in [1.54, 1.807) is 30.7 Å². The van der Waals surface area contributed by atoms with Gasteiger partial charge in [0.15, 0.2) is 11.6 Å². The first-order chi connectivity index (χ1) is 13.5. The molecule has 1 amide bonds. The number of hydrogen-bond acceptors (Lipinski definition) is 6. The van der Waals surface area contributed by atoms with E-state index >= 15 is 0 Å². The summed E-state index contributed by atoms with van der Waals surface area (Å²) in [5, 5.41) is 9.90. The second-order valence-corrected chi connectivity index (χ2v) is 6.08. The lowest BCUT2D eigenvalue weighted by Crippen LogP contribution is -2.27. The lowest BCUT2D eigenvalue weighted by Gasteiger charge is -2.09. The number of hydrogen-bond donors (Lipinski definition) is 2. The number of carbonyl (C=O) groups excluding carboxylic acids is 1. The van der Waals surface area contributed by atoms with Crippen molar-refractivity contribution in [3.05, 3.63) is 48.2 Å². The predicted octanol–water partition coefficient (Wildman–Crippen LogP) is 2.68. The van der Waals surface area contributed by atoms with Gasteiger partial charge in [0, 0.05) is 24.5 Å². The number of ether oxygens (including phenoxy) is 1. The summed E-state index contributed by atoms with van der Waals surface area (Å²) in [4.78, 5) is 20.4. The van der Waals surface area contributed by atoms with Gasteiger partial charge in [0.2, 0.25) is 11.9 Å². The molecule has 0 aliphatic heterocycles. The van der Waals surface area contributed by atoms with Crippen molar-refractivity contribution in [2.75, 3.05) is 19.0 Å². The summed E-state index contributed by atoms with van der Waals surface area (Å²) >= 11 is 0. The van der Waals surface area contributed by atoms with E-state index < -0.39 is 5.82 Å². The van der Waals surface area contributed by atoms with Crippen LogP contribution in [-0.4, -0.2) is 39.3 Å². The van der Waals surface area contributed by atoms with Gasteiger partial charge >= 0.3 is 0 Å². The minimum Gasteiger partial charge on any atom is -0.494 e. The van der Waals surface area contributed by atoms with Crippen LogP contribution in [-0.2, 0) is 11.3 Å². The Balaban J connectivity index is 1.79. The molecule has 0 aliphatic carbocycles. The number of methoxy groups -OCH3 is 1. The second-order valence-electron chi connectivity index (χ2n) is 6.08. The zero-order chi connectivity index (χ0) is 20.1. The van der Waals surface area contributed by atoms with Crippen LogP contribution in [0.2, 0.25) is 0 Å². The third-order valence-corrected chi connectivity index (χ3v) is 3.97. The number of carbonyl (C=O) groups is 1. The highest BCUT2D eigenvalue weighted by Gasteiger charge is 2.11. The van der Waals surface area contributed by atoms with Crippen molar-refractivity contribution >= 4 is 17.5 Å². The standard InChI is InChI=1S/C19H21FN6O2/c1-4-21-17(27)11-26-10-14(9-23-26)24-19-22-8-12(2)18(25-19)13-5-6-16(28-3)15(20)7-13/h5-10H,4,11H2,1-3H3,(H,21,27)(H,22,24,25). The van der Waals surface area contributed by atoms with Crippen LogP contribution < -0.4 is 15.4 Å². The molecule has 0 spiro atoms. The van der Waals surface area contributed by atoms with Crippen LogP contribution in [0.1, 0.15) is 12.5 Å². The Labute approximate surface area is 161 Å². The molecule has 9 heteroatoms. The monoisotopic (exact) mass is 384 g/mol. The summed E-state index contributed by atoms with van der Waals surface area (Å²) in [5.41, 5.74) is 2.67. The minimum atomic E-state index is -0.459. The van der Waals surface area contributed by atoms with Gasteiger partial charge in [-0.15, -0.1) is 0 Å². The maximum Gasteiger partial charge on any atom is 0.241 e. The second kappa shape index (κ2) is 8.47. The van der Waals surface area contributed by atoms with Gasteiger partial charge < -0.3 is 15.4 Å². The fraction of sp³-hybridized carbons (Fsp3) is 0.263. The molecule has 0 unspecified atom stereocenters. The number of rotatable bonds is 7. The maximum atomic E-state index is 14.0. The number of aromatic nitrogens is 4. The molecule has 2 heterocycles. The van der Waals surface area contributed by atoms with Crippen LogP contribution in [0.3, 0.4) is 0 Å². The lowest BCUT2D eigenvalue weighted by atomic mass is 10.1. The van der Waals surface area contributed by atoms with E-state index in [4.69, 9.17) is 4.74 Å². The average Bonchev–Trinajstić information content (AvgIpc) is 3.10. The highest BCUT2D eigenvalue weighted by atomic mass is 19.1. The topological polar surface area (TPSA) is 94.0 Å². The molecular weight excluding hydrogens is 363 g/mol. The maximum absolute atomic E-state index is 14.0. The Morgan fingerprint density at radius 1 is 1.32 bits per heavy atom. The zero-order valence-electron chi connectivity index (χ0n) is 15.9. The number of likely N-dealkylation sites (N-methyl/N-ethyl adjacent to an activating group) is 1. The molecule has 28 heavy (non-hydrogen) atoms. The number of amides is 1. The number of halogens is 1. The van der Waals surface area contributed by atoms with Crippen molar-refractivity contribution in [3.8, 4) is 17.0 Å². The van der Waals surface area contributed by atoms with Gasteiger partial charge in [-0.3, -0.25) is 9.48 Å². The average molecular weight is 384 g/mol. The third kappa shape index (κ3) is 4.43. The Morgan fingerprint density at radius 3 is 2.86 bits per heavy atom. The normalized spacial score (nSPS) is 10.6. The van der Waals surface area contributed by atoms with Crippen molar-refractivity contribution < 1.29 is 13.9 Å². The summed E-state index contributed by atoms with van der Waals surface area (Å²) < 4.78 is 20.5. The first kappa shape index (κ1) is 19.3.